The summed E-state index contributed by atoms with van der Waals surface area (Å²) in [5, 5.41) is 3.02. The van der Waals surface area contributed by atoms with E-state index >= 15 is 0 Å². The first-order valence-electron chi connectivity index (χ1n) is 7.89. The van der Waals surface area contributed by atoms with Gasteiger partial charge in [-0.1, -0.05) is 42.5 Å². The monoisotopic (exact) mass is 300 g/mol. The number of hydrogen-bond acceptors (Lipinski definition) is 2. The van der Waals surface area contributed by atoms with Crippen molar-refractivity contribution < 1.29 is 9.59 Å². The van der Waals surface area contributed by atoms with E-state index < -0.39 is 0 Å². The number of benzene rings is 1. The second kappa shape index (κ2) is 8.37. The van der Waals surface area contributed by atoms with E-state index in [0.717, 1.165) is 25.7 Å². The van der Waals surface area contributed by atoms with Crippen molar-refractivity contribution in [3.63, 3.8) is 0 Å². The molecule has 1 aromatic carbocycles. The maximum absolute atomic E-state index is 12.1. The van der Waals surface area contributed by atoms with Gasteiger partial charge in [0.05, 0.1) is 6.54 Å². The molecule has 1 atom stereocenters. The third-order valence-corrected chi connectivity index (χ3v) is 3.93. The molecule has 1 aliphatic carbocycles. The Kier molecular flexibility index (Phi) is 6.19. The van der Waals surface area contributed by atoms with Gasteiger partial charge in [0, 0.05) is 19.5 Å². The number of rotatable bonds is 6. The lowest BCUT2D eigenvalue weighted by atomic mass is 10.0. The number of carbonyl (C=O) groups is 2. The summed E-state index contributed by atoms with van der Waals surface area (Å²) in [6, 6.07) is 10.2. The Balaban J connectivity index is 1.81. The molecule has 1 aliphatic rings. The Labute approximate surface area is 132 Å². The van der Waals surface area contributed by atoms with Crippen LogP contribution in [0.3, 0.4) is 0 Å². The summed E-state index contributed by atoms with van der Waals surface area (Å²) in [6.45, 7) is 2.22. The average molecular weight is 300 g/mol. The third kappa shape index (κ3) is 5.35. The van der Waals surface area contributed by atoms with Gasteiger partial charge in [0.15, 0.2) is 0 Å². The summed E-state index contributed by atoms with van der Waals surface area (Å²) < 4.78 is 0. The highest BCUT2D eigenvalue weighted by atomic mass is 16.2. The van der Waals surface area contributed by atoms with E-state index in [2.05, 4.69) is 17.5 Å². The van der Waals surface area contributed by atoms with Crippen LogP contribution in [0.2, 0.25) is 0 Å². The maximum atomic E-state index is 12.1. The van der Waals surface area contributed by atoms with Gasteiger partial charge in [-0.05, 0) is 31.2 Å². The predicted octanol–water partition coefficient (Wildman–Crippen LogP) is 2.30. The Bertz CT molecular complexity index is 525. The van der Waals surface area contributed by atoms with E-state index in [0.29, 0.717) is 6.54 Å². The van der Waals surface area contributed by atoms with Crippen LogP contribution < -0.4 is 5.32 Å². The van der Waals surface area contributed by atoms with Gasteiger partial charge in [0.2, 0.25) is 11.8 Å². The minimum atomic E-state index is -0.0661. The highest BCUT2D eigenvalue weighted by Gasteiger charge is 2.17. The van der Waals surface area contributed by atoms with Crippen LogP contribution in [-0.4, -0.2) is 35.8 Å². The van der Waals surface area contributed by atoms with Gasteiger partial charge < -0.3 is 10.2 Å². The third-order valence-electron chi connectivity index (χ3n) is 3.93. The molecule has 4 heteroatoms. The molecule has 0 unspecified atom stereocenters. The number of nitrogens with one attached hydrogen (secondary N) is 1. The molecule has 1 N–H and O–H groups in total. The van der Waals surface area contributed by atoms with Gasteiger partial charge >= 0.3 is 0 Å². The molecule has 0 spiro atoms. The number of carbonyl (C=O) groups excluding carboxylic acids is 2. The minimum Gasteiger partial charge on any atom is -0.352 e. The molecule has 118 valence electrons. The predicted molar refractivity (Wildman–Crippen MR) is 87.3 cm³/mol. The second-order valence-electron chi connectivity index (χ2n) is 5.73. The number of hydrogen-bond donors (Lipinski definition) is 1. The van der Waals surface area contributed by atoms with Crippen molar-refractivity contribution in [3.05, 3.63) is 48.0 Å². The summed E-state index contributed by atoms with van der Waals surface area (Å²) in [7, 11) is 0. The smallest absolute Gasteiger partial charge is 0.239 e. The standard InChI is InChI=1S/C18H24N2O2/c1-15(21)20(13-12-16-8-4-2-5-9-16)14-18(22)19-17-10-6-3-7-11-17/h2-6,8-9,17H,7,10-14H2,1H3,(H,19,22)/t17-/m0/s1. The lowest BCUT2D eigenvalue weighted by Crippen LogP contribution is -2.44. The summed E-state index contributed by atoms with van der Waals surface area (Å²) in [4.78, 5) is 25.4. The largest absolute Gasteiger partial charge is 0.352 e. The van der Waals surface area contributed by atoms with Crippen LogP contribution in [0.25, 0.3) is 0 Å². The molecule has 2 amide bonds. The lowest BCUT2D eigenvalue weighted by molar-refractivity contribution is -0.134. The zero-order valence-electron chi connectivity index (χ0n) is 13.1. The fourth-order valence-corrected chi connectivity index (χ4v) is 2.63. The zero-order valence-corrected chi connectivity index (χ0v) is 13.1. The number of allylic oxidation sites excluding steroid dienone is 1. The first-order chi connectivity index (χ1) is 10.6. The van der Waals surface area contributed by atoms with Gasteiger partial charge in [-0.3, -0.25) is 9.59 Å². The Morgan fingerprint density at radius 3 is 2.64 bits per heavy atom. The lowest BCUT2D eigenvalue weighted by Gasteiger charge is -2.24. The SMILES string of the molecule is CC(=O)N(CCc1ccccc1)CC(=O)N[C@H]1CC=CCC1. The number of amides is 2. The molecule has 0 aliphatic heterocycles. The Morgan fingerprint density at radius 1 is 1.23 bits per heavy atom. The Hall–Kier alpha value is -2.10. The van der Waals surface area contributed by atoms with Crippen molar-refractivity contribution in [2.75, 3.05) is 13.1 Å². The van der Waals surface area contributed by atoms with Crippen LogP contribution >= 0.6 is 0 Å². The van der Waals surface area contributed by atoms with E-state index in [1.54, 1.807) is 4.90 Å². The van der Waals surface area contributed by atoms with Crippen molar-refractivity contribution in [1.29, 1.82) is 0 Å². The summed E-state index contributed by atoms with van der Waals surface area (Å²) in [5.41, 5.74) is 1.17. The van der Waals surface area contributed by atoms with Gasteiger partial charge in [0.25, 0.3) is 0 Å². The van der Waals surface area contributed by atoms with Crippen molar-refractivity contribution in [2.45, 2.75) is 38.6 Å². The van der Waals surface area contributed by atoms with Gasteiger partial charge in [0.1, 0.15) is 0 Å². The van der Waals surface area contributed by atoms with E-state index in [1.165, 1.54) is 12.5 Å². The van der Waals surface area contributed by atoms with E-state index in [9.17, 15) is 9.59 Å². The number of nitrogens with zero attached hydrogens (tertiary/aromatic N) is 1. The fraction of sp³-hybridized carbons (Fsp3) is 0.444. The molecule has 0 bridgehead atoms. The summed E-state index contributed by atoms with van der Waals surface area (Å²) in [5.74, 6) is -0.127. The molecule has 0 radical (unpaired) electrons. The molecule has 0 saturated carbocycles. The summed E-state index contributed by atoms with van der Waals surface area (Å²) >= 11 is 0. The fourth-order valence-electron chi connectivity index (χ4n) is 2.63. The molecule has 0 aromatic heterocycles. The van der Waals surface area contributed by atoms with Crippen LogP contribution in [0.1, 0.15) is 31.7 Å². The Morgan fingerprint density at radius 2 is 2.00 bits per heavy atom. The van der Waals surface area contributed by atoms with Crippen LogP contribution in [0.4, 0.5) is 0 Å². The van der Waals surface area contributed by atoms with E-state index in [1.807, 2.05) is 30.3 Å². The van der Waals surface area contributed by atoms with E-state index in [-0.39, 0.29) is 24.4 Å². The molecule has 22 heavy (non-hydrogen) atoms. The topological polar surface area (TPSA) is 49.4 Å². The molecule has 0 fully saturated rings. The molecular formula is C18H24N2O2. The van der Waals surface area contributed by atoms with Gasteiger partial charge in [-0.25, -0.2) is 0 Å². The average Bonchev–Trinajstić information content (AvgIpc) is 2.53. The quantitative estimate of drug-likeness (QED) is 0.820. The first kappa shape index (κ1) is 16.3. The summed E-state index contributed by atoms with van der Waals surface area (Å²) in [6.07, 6.45) is 7.88. The van der Waals surface area contributed by atoms with Crippen LogP contribution in [0.15, 0.2) is 42.5 Å². The van der Waals surface area contributed by atoms with E-state index in [4.69, 9.17) is 0 Å². The zero-order chi connectivity index (χ0) is 15.8. The second-order valence-corrected chi connectivity index (χ2v) is 5.73. The highest BCUT2D eigenvalue weighted by molar-refractivity contribution is 5.83. The van der Waals surface area contributed by atoms with Crippen LogP contribution in [0, 0.1) is 0 Å². The van der Waals surface area contributed by atoms with Crippen LogP contribution in [0.5, 0.6) is 0 Å². The minimum absolute atomic E-state index is 0.0605. The molecular weight excluding hydrogens is 276 g/mol. The van der Waals surface area contributed by atoms with Crippen molar-refractivity contribution in [3.8, 4) is 0 Å². The molecule has 0 saturated heterocycles. The van der Waals surface area contributed by atoms with Crippen molar-refractivity contribution in [1.82, 2.24) is 10.2 Å². The normalized spacial score (nSPS) is 17.0. The van der Waals surface area contributed by atoms with Crippen molar-refractivity contribution >= 4 is 11.8 Å². The molecule has 2 rings (SSSR count). The van der Waals surface area contributed by atoms with Crippen molar-refractivity contribution in [2.24, 2.45) is 0 Å². The van der Waals surface area contributed by atoms with Gasteiger partial charge in [-0.2, -0.15) is 0 Å². The van der Waals surface area contributed by atoms with Crippen LogP contribution in [-0.2, 0) is 16.0 Å². The first-order valence-corrected chi connectivity index (χ1v) is 7.89. The maximum Gasteiger partial charge on any atom is 0.239 e. The molecule has 0 heterocycles. The molecule has 4 nitrogen and oxygen atoms in total. The van der Waals surface area contributed by atoms with Gasteiger partial charge in [-0.15, -0.1) is 0 Å². The highest BCUT2D eigenvalue weighted by Crippen LogP contribution is 2.10. The molecule has 1 aromatic rings.